The molecule has 1 N–H and O–H groups in total. The lowest BCUT2D eigenvalue weighted by molar-refractivity contribution is -0.130. The van der Waals surface area contributed by atoms with Crippen molar-refractivity contribution in [3.05, 3.63) is 0 Å². The van der Waals surface area contributed by atoms with Crippen molar-refractivity contribution in [1.29, 1.82) is 0 Å². The number of amides is 1. The zero-order valence-electron chi connectivity index (χ0n) is 8.81. The van der Waals surface area contributed by atoms with E-state index in [2.05, 4.69) is 26.1 Å². The quantitative estimate of drug-likeness (QED) is 0.659. The maximum atomic E-state index is 11.7. The summed E-state index contributed by atoms with van der Waals surface area (Å²) in [5, 5.41) is 3.08. The maximum Gasteiger partial charge on any atom is 0.226 e. The van der Waals surface area contributed by atoms with E-state index in [1.165, 1.54) is 6.42 Å². The fraction of sp³-hybridized carbons (Fsp3) is 0.909. The fourth-order valence-corrected chi connectivity index (χ4v) is 3.05. The van der Waals surface area contributed by atoms with Crippen LogP contribution < -0.4 is 5.32 Å². The van der Waals surface area contributed by atoms with Crippen LogP contribution >= 0.6 is 0 Å². The van der Waals surface area contributed by atoms with E-state index in [-0.39, 0.29) is 10.8 Å². The first-order valence-electron chi connectivity index (χ1n) is 5.22. The predicted octanol–water partition coefficient (Wildman–Crippen LogP) is 2.09. The standard InChI is InChI=1S/C11H19NO/c1-10(2,3)7-11-5-4-8(6-11)12-9(11)13/h8H,4-7H2,1-3H3,(H,12,13). The Hall–Kier alpha value is -0.530. The number of carbonyl (C=O) groups excluding carboxylic acids is 1. The van der Waals surface area contributed by atoms with E-state index >= 15 is 0 Å². The zero-order valence-corrected chi connectivity index (χ0v) is 8.81. The molecule has 13 heavy (non-hydrogen) atoms. The van der Waals surface area contributed by atoms with Crippen molar-refractivity contribution in [2.45, 2.75) is 52.5 Å². The van der Waals surface area contributed by atoms with Gasteiger partial charge >= 0.3 is 0 Å². The first-order chi connectivity index (χ1) is 5.91. The van der Waals surface area contributed by atoms with Gasteiger partial charge in [0.15, 0.2) is 0 Å². The Morgan fingerprint density at radius 2 is 2.23 bits per heavy atom. The van der Waals surface area contributed by atoms with Gasteiger partial charge in [0.05, 0.1) is 5.41 Å². The normalized spacial score (nSPS) is 38.1. The molecule has 2 nitrogen and oxygen atoms in total. The van der Waals surface area contributed by atoms with Crippen LogP contribution in [0.5, 0.6) is 0 Å². The molecule has 1 heterocycles. The van der Waals surface area contributed by atoms with Crippen LogP contribution in [0.3, 0.4) is 0 Å². The molecule has 2 rings (SSSR count). The second-order valence-corrected chi connectivity index (χ2v) is 5.93. The highest BCUT2D eigenvalue weighted by molar-refractivity contribution is 5.86. The Morgan fingerprint density at radius 1 is 1.54 bits per heavy atom. The van der Waals surface area contributed by atoms with E-state index in [0.29, 0.717) is 11.9 Å². The number of hydrogen-bond acceptors (Lipinski definition) is 1. The highest BCUT2D eigenvalue weighted by atomic mass is 16.2. The summed E-state index contributed by atoms with van der Waals surface area (Å²) in [6.45, 7) is 6.67. The van der Waals surface area contributed by atoms with E-state index in [1.54, 1.807) is 0 Å². The molecule has 1 saturated heterocycles. The molecule has 2 bridgehead atoms. The molecule has 2 aliphatic rings. The average Bonchev–Trinajstić information content (AvgIpc) is 2.39. The van der Waals surface area contributed by atoms with Crippen molar-refractivity contribution in [2.75, 3.05) is 0 Å². The van der Waals surface area contributed by atoms with E-state index in [0.717, 1.165) is 19.3 Å². The Morgan fingerprint density at radius 3 is 2.62 bits per heavy atom. The van der Waals surface area contributed by atoms with Crippen LogP contribution in [0.15, 0.2) is 0 Å². The van der Waals surface area contributed by atoms with Gasteiger partial charge in [-0.25, -0.2) is 0 Å². The monoisotopic (exact) mass is 181 g/mol. The summed E-state index contributed by atoms with van der Waals surface area (Å²) in [5.74, 6) is 0.318. The molecule has 0 aromatic heterocycles. The molecule has 0 aromatic rings. The maximum absolute atomic E-state index is 11.7. The van der Waals surface area contributed by atoms with E-state index in [1.807, 2.05) is 0 Å². The van der Waals surface area contributed by atoms with Gasteiger partial charge < -0.3 is 5.32 Å². The molecule has 0 aromatic carbocycles. The summed E-state index contributed by atoms with van der Waals surface area (Å²) in [6.07, 6.45) is 4.44. The zero-order chi connectivity index (χ0) is 9.69. The van der Waals surface area contributed by atoms with Crippen molar-refractivity contribution < 1.29 is 4.79 Å². The molecule has 1 aliphatic carbocycles. The molecule has 74 valence electrons. The van der Waals surface area contributed by atoms with Gasteiger partial charge in [-0.3, -0.25) is 4.79 Å². The number of piperidine rings is 1. The minimum atomic E-state index is 0.00289. The van der Waals surface area contributed by atoms with E-state index < -0.39 is 0 Å². The second kappa shape index (κ2) is 2.49. The topological polar surface area (TPSA) is 29.1 Å². The summed E-state index contributed by atoms with van der Waals surface area (Å²) >= 11 is 0. The van der Waals surface area contributed by atoms with Crippen LogP contribution in [-0.2, 0) is 4.79 Å². The van der Waals surface area contributed by atoms with Crippen LogP contribution in [-0.4, -0.2) is 11.9 Å². The molecular formula is C11H19NO. The van der Waals surface area contributed by atoms with Gasteiger partial charge in [-0.2, -0.15) is 0 Å². The first kappa shape index (κ1) is 9.04. The van der Waals surface area contributed by atoms with Crippen LogP contribution in [0, 0.1) is 10.8 Å². The number of rotatable bonds is 1. The highest BCUT2D eigenvalue weighted by Crippen LogP contribution is 2.50. The van der Waals surface area contributed by atoms with Crippen molar-refractivity contribution in [3.8, 4) is 0 Å². The second-order valence-electron chi connectivity index (χ2n) is 5.93. The van der Waals surface area contributed by atoms with Gasteiger partial charge in [-0.05, 0) is 31.1 Å². The Kier molecular flexibility index (Phi) is 1.73. The number of fused-ring (bicyclic) bond motifs is 2. The number of hydrogen-bond donors (Lipinski definition) is 1. The van der Waals surface area contributed by atoms with Crippen molar-refractivity contribution in [1.82, 2.24) is 5.32 Å². The number of nitrogens with one attached hydrogen (secondary N) is 1. The third-order valence-corrected chi connectivity index (χ3v) is 3.29. The van der Waals surface area contributed by atoms with Crippen molar-refractivity contribution in [2.24, 2.45) is 10.8 Å². The molecule has 0 radical (unpaired) electrons. The minimum absolute atomic E-state index is 0.00289. The largest absolute Gasteiger partial charge is 0.353 e. The smallest absolute Gasteiger partial charge is 0.226 e. The first-order valence-corrected chi connectivity index (χ1v) is 5.22. The van der Waals surface area contributed by atoms with Crippen LogP contribution in [0.4, 0.5) is 0 Å². The molecule has 1 amide bonds. The molecule has 2 unspecified atom stereocenters. The molecular weight excluding hydrogens is 162 g/mol. The molecule has 0 spiro atoms. The average molecular weight is 181 g/mol. The van der Waals surface area contributed by atoms with Gasteiger partial charge in [-0.1, -0.05) is 20.8 Å². The van der Waals surface area contributed by atoms with Gasteiger partial charge in [0.1, 0.15) is 0 Å². The molecule has 2 fully saturated rings. The van der Waals surface area contributed by atoms with Crippen molar-refractivity contribution in [3.63, 3.8) is 0 Å². The fourth-order valence-electron chi connectivity index (χ4n) is 3.05. The third kappa shape index (κ3) is 1.47. The minimum Gasteiger partial charge on any atom is -0.353 e. The lowest BCUT2D eigenvalue weighted by Crippen LogP contribution is -2.38. The van der Waals surface area contributed by atoms with Crippen LogP contribution in [0.25, 0.3) is 0 Å². The third-order valence-electron chi connectivity index (χ3n) is 3.29. The predicted molar refractivity (Wildman–Crippen MR) is 52.3 cm³/mol. The van der Waals surface area contributed by atoms with E-state index in [9.17, 15) is 4.79 Å². The summed E-state index contributed by atoms with van der Waals surface area (Å²) < 4.78 is 0. The SMILES string of the molecule is CC(C)(C)CC12CCC(C1)NC2=O. The van der Waals surface area contributed by atoms with Crippen LogP contribution in [0.2, 0.25) is 0 Å². The summed E-state index contributed by atoms with van der Waals surface area (Å²) in [5.41, 5.74) is 0.277. The summed E-state index contributed by atoms with van der Waals surface area (Å²) in [6, 6.07) is 0.495. The number of carbonyl (C=O) groups is 1. The van der Waals surface area contributed by atoms with Crippen molar-refractivity contribution >= 4 is 5.91 Å². The highest BCUT2D eigenvalue weighted by Gasteiger charge is 2.52. The Bertz CT molecular complexity index is 241. The molecule has 2 atom stereocenters. The molecule has 2 heteroatoms. The van der Waals surface area contributed by atoms with E-state index in [4.69, 9.17) is 0 Å². The lowest BCUT2D eigenvalue weighted by atomic mass is 9.73. The molecule has 1 saturated carbocycles. The van der Waals surface area contributed by atoms with Crippen LogP contribution in [0.1, 0.15) is 46.5 Å². The Labute approximate surface area is 80.1 Å². The van der Waals surface area contributed by atoms with Gasteiger partial charge in [0.25, 0.3) is 0 Å². The summed E-state index contributed by atoms with van der Waals surface area (Å²) in [7, 11) is 0. The summed E-state index contributed by atoms with van der Waals surface area (Å²) in [4.78, 5) is 11.7. The van der Waals surface area contributed by atoms with Gasteiger partial charge in [0, 0.05) is 6.04 Å². The lowest BCUT2D eigenvalue weighted by Gasteiger charge is -2.31. The Balaban J connectivity index is 2.16. The van der Waals surface area contributed by atoms with Gasteiger partial charge in [0.2, 0.25) is 5.91 Å². The molecule has 1 aliphatic heterocycles. The van der Waals surface area contributed by atoms with Gasteiger partial charge in [-0.15, -0.1) is 0 Å².